The van der Waals surface area contributed by atoms with E-state index in [0.29, 0.717) is 18.9 Å². The standard InChI is InChI=1S/C20H23NO4/c1-13-8-9-21(18(10-13)20(23)24)19(22)11-15-5-3-4-14-6-7-16(25-2)12-17(14)15/h3-7,12-13,18H,8-11H2,1-2H3,(H,23,24). The van der Waals surface area contributed by atoms with Crippen LogP contribution in [-0.4, -0.2) is 41.6 Å². The number of carbonyl (C=O) groups excluding carboxylic acids is 1. The van der Waals surface area contributed by atoms with Crippen molar-refractivity contribution in [2.75, 3.05) is 13.7 Å². The second kappa shape index (κ2) is 7.13. The average molecular weight is 341 g/mol. The summed E-state index contributed by atoms with van der Waals surface area (Å²) in [4.78, 5) is 25.9. The van der Waals surface area contributed by atoms with Gasteiger partial charge in [0.25, 0.3) is 0 Å². The largest absolute Gasteiger partial charge is 0.497 e. The lowest BCUT2D eigenvalue weighted by molar-refractivity contribution is -0.152. The number of carboxylic acid groups (broad SMARTS) is 1. The SMILES string of the molecule is COc1ccc2cccc(CC(=O)N3CCC(C)CC3C(=O)O)c2c1. The van der Waals surface area contributed by atoms with Crippen molar-refractivity contribution >= 4 is 22.6 Å². The zero-order valence-corrected chi connectivity index (χ0v) is 14.6. The normalized spacial score (nSPS) is 20.5. The van der Waals surface area contributed by atoms with Gasteiger partial charge in [-0.3, -0.25) is 4.79 Å². The van der Waals surface area contributed by atoms with Gasteiger partial charge in [0.15, 0.2) is 0 Å². The van der Waals surface area contributed by atoms with E-state index >= 15 is 0 Å². The van der Waals surface area contributed by atoms with Gasteiger partial charge in [0.1, 0.15) is 11.8 Å². The maximum absolute atomic E-state index is 12.8. The fourth-order valence-electron chi connectivity index (χ4n) is 3.54. The maximum atomic E-state index is 12.8. The Bertz CT molecular complexity index is 801. The molecule has 1 fully saturated rings. The number of nitrogens with zero attached hydrogens (tertiary/aromatic N) is 1. The van der Waals surface area contributed by atoms with E-state index in [0.717, 1.165) is 28.5 Å². The summed E-state index contributed by atoms with van der Waals surface area (Å²) in [6.07, 6.45) is 1.56. The van der Waals surface area contributed by atoms with Gasteiger partial charge >= 0.3 is 5.97 Å². The third-order valence-electron chi connectivity index (χ3n) is 4.99. The molecule has 2 unspecified atom stereocenters. The predicted molar refractivity (Wildman–Crippen MR) is 95.7 cm³/mol. The summed E-state index contributed by atoms with van der Waals surface area (Å²) in [6.45, 7) is 2.54. The minimum Gasteiger partial charge on any atom is -0.497 e. The molecule has 0 saturated carbocycles. The number of carbonyl (C=O) groups is 2. The molecule has 1 aliphatic heterocycles. The molecule has 0 aromatic heterocycles. The molecule has 2 aromatic rings. The molecule has 3 rings (SSSR count). The Labute approximate surface area is 147 Å². The number of likely N-dealkylation sites (tertiary alicyclic amines) is 1. The highest BCUT2D eigenvalue weighted by molar-refractivity contribution is 5.92. The maximum Gasteiger partial charge on any atom is 0.326 e. The van der Waals surface area contributed by atoms with Crippen LogP contribution in [0.25, 0.3) is 10.8 Å². The number of amides is 1. The number of fused-ring (bicyclic) bond motifs is 1. The van der Waals surface area contributed by atoms with Crippen molar-refractivity contribution in [2.24, 2.45) is 5.92 Å². The first kappa shape index (κ1) is 17.3. The van der Waals surface area contributed by atoms with Gasteiger partial charge in [-0.25, -0.2) is 4.79 Å². The molecule has 1 amide bonds. The molecular formula is C20H23NO4. The lowest BCUT2D eigenvalue weighted by Crippen LogP contribution is -2.50. The monoisotopic (exact) mass is 341 g/mol. The Balaban J connectivity index is 1.87. The Hall–Kier alpha value is -2.56. The van der Waals surface area contributed by atoms with Crippen LogP contribution in [0.2, 0.25) is 0 Å². The average Bonchev–Trinajstić information content (AvgIpc) is 2.61. The van der Waals surface area contributed by atoms with E-state index < -0.39 is 12.0 Å². The molecule has 0 bridgehead atoms. The van der Waals surface area contributed by atoms with E-state index in [1.165, 1.54) is 4.90 Å². The van der Waals surface area contributed by atoms with Gasteiger partial charge in [-0.05, 0) is 47.2 Å². The number of benzene rings is 2. The molecule has 2 atom stereocenters. The van der Waals surface area contributed by atoms with Gasteiger partial charge in [-0.2, -0.15) is 0 Å². The molecule has 0 radical (unpaired) electrons. The number of rotatable bonds is 4. The van der Waals surface area contributed by atoms with Crippen LogP contribution in [-0.2, 0) is 16.0 Å². The number of aliphatic carboxylic acids is 1. The number of hydrogen-bond acceptors (Lipinski definition) is 3. The lowest BCUT2D eigenvalue weighted by Gasteiger charge is -2.36. The van der Waals surface area contributed by atoms with Crippen LogP contribution in [0.15, 0.2) is 36.4 Å². The quantitative estimate of drug-likeness (QED) is 0.928. The van der Waals surface area contributed by atoms with Crippen LogP contribution >= 0.6 is 0 Å². The van der Waals surface area contributed by atoms with Gasteiger partial charge in [-0.15, -0.1) is 0 Å². The predicted octanol–water partition coefficient (Wildman–Crippen LogP) is 3.10. The lowest BCUT2D eigenvalue weighted by atomic mass is 9.91. The van der Waals surface area contributed by atoms with Crippen molar-refractivity contribution in [3.8, 4) is 5.75 Å². The van der Waals surface area contributed by atoms with Crippen LogP contribution in [0.5, 0.6) is 5.75 Å². The Morgan fingerprint density at radius 3 is 2.80 bits per heavy atom. The highest BCUT2D eigenvalue weighted by atomic mass is 16.5. The first-order valence-corrected chi connectivity index (χ1v) is 8.57. The van der Waals surface area contributed by atoms with Gasteiger partial charge < -0.3 is 14.7 Å². The molecule has 0 spiro atoms. The third-order valence-corrected chi connectivity index (χ3v) is 4.99. The summed E-state index contributed by atoms with van der Waals surface area (Å²) >= 11 is 0. The second-order valence-corrected chi connectivity index (χ2v) is 6.75. The molecule has 1 heterocycles. The number of hydrogen-bond donors (Lipinski definition) is 1. The number of piperidine rings is 1. The molecule has 5 nitrogen and oxygen atoms in total. The zero-order valence-electron chi connectivity index (χ0n) is 14.6. The van der Waals surface area contributed by atoms with Crippen LogP contribution in [0, 0.1) is 5.92 Å². The molecule has 1 saturated heterocycles. The van der Waals surface area contributed by atoms with E-state index in [9.17, 15) is 14.7 Å². The number of carboxylic acids is 1. The van der Waals surface area contributed by atoms with Crippen molar-refractivity contribution in [2.45, 2.75) is 32.2 Å². The van der Waals surface area contributed by atoms with Crippen LogP contribution in [0.1, 0.15) is 25.3 Å². The highest BCUT2D eigenvalue weighted by Gasteiger charge is 2.34. The van der Waals surface area contributed by atoms with Crippen LogP contribution < -0.4 is 4.74 Å². The second-order valence-electron chi connectivity index (χ2n) is 6.75. The minimum atomic E-state index is -0.917. The summed E-state index contributed by atoms with van der Waals surface area (Å²) in [7, 11) is 1.61. The van der Waals surface area contributed by atoms with E-state index in [2.05, 4.69) is 0 Å². The Morgan fingerprint density at radius 2 is 2.08 bits per heavy atom. The molecule has 0 aliphatic carbocycles. The van der Waals surface area contributed by atoms with Crippen molar-refractivity contribution in [3.63, 3.8) is 0 Å². The van der Waals surface area contributed by atoms with Crippen LogP contribution in [0.4, 0.5) is 0 Å². The van der Waals surface area contributed by atoms with E-state index in [1.54, 1.807) is 7.11 Å². The van der Waals surface area contributed by atoms with Gasteiger partial charge in [0, 0.05) is 6.54 Å². The smallest absolute Gasteiger partial charge is 0.326 e. The molecule has 25 heavy (non-hydrogen) atoms. The molecular weight excluding hydrogens is 318 g/mol. The fraction of sp³-hybridized carbons (Fsp3) is 0.400. The topological polar surface area (TPSA) is 66.8 Å². The van der Waals surface area contributed by atoms with Crippen molar-refractivity contribution < 1.29 is 19.4 Å². The summed E-state index contributed by atoms with van der Waals surface area (Å²) in [5.74, 6) is 0.0173. The van der Waals surface area contributed by atoms with Gasteiger partial charge in [-0.1, -0.05) is 31.2 Å². The van der Waals surface area contributed by atoms with Crippen molar-refractivity contribution in [3.05, 3.63) is 42.0 Å². The summed E-state index contributed by atoms with van der Waals surface area (Å²) < 4.78 is 5.29. The molecule has 1 aliphatic rings. The zero-order chi connectivity index (χ0) is 18.0. The van der Waals surface area contributed by atoms with Crippen molar-refractivity contribution in [1.82, 2.24) is 4.90 Å². The first-order valence-electron chi connectivity index (χ1n) is 8.57. The molecule has 5 heteroatoms. The highest BCUT2D eigenvalue weighted by Crippen LogP contribution is 2.27. The Morgan fingerprint density at radius 1 is 1.28 bits per heavy atom. The molecule has 2 aromatic carbocycles. The number of methoxy groups -OCH3 is 1. The fourth-order valence-corrected chi connectivity index (χ4v) is 3.54. The third kappa shape index (κ3) is 3.60. The van der Waals surface area contributed by atoms with E-state index in [-0.39, 0.29) is 12.3 Å². The van der Waals surface area contributed by atoms with Gasteiger partial charge in [0.05, 0.1) is 13.5 Å². The Kier molecular flexibility index (Phi) is 4.93. The summed E-state index contributed by atoms with van der Waals surface area (Å²) in [5.41, 5.74) is 0.893. The molecule has 1 N–H and O–H groups in total. The summed E-state index contributed by atoms with van der Waals surface area (Å²) in [5, 5.41) is 11.5. The minimum absolute atomic E-state index is 0.130. The first-order chi connectivity index (χ1) is 12.0. The summed E-state index contributed by atoms with van der Waals surface area (Å²) in [6, 6.07) is 10.9. The van der Waals surface area contributed by atoms with Crippen LogP contribution in [0.3, 0.4) is 0 Å². The molecule has 132 valence electrons. The van der Waals surface area contributed by atoms with Crippen molar-refractivity contribution in [1.29, 1.82) is 0 Å². The van der Waals surface area contributed by atoms with E-state index in [4.69, 9.17) is 4.74 Å². The van der Waals surface area contributed by atoms with E-state index in [1.807, 2.05) is 43.3 Å². The van der Waals surface area contributed by atoms with Gasteiger partial charge in [0.2, 0.25) is 5.91 Å². The number of ether oxygens (including phenoxy) is 1.